The van der Waals surface area contributed by atoms with Crippen molar-refractivity contribution in [2.75, 3.05) is 13.3 Å². The van der Waals surface area contributed by atoms with Crippen molar-refractivity contribution >= 4 is 23.8 Å². The lowest BCUT2D eigenvalue weighted by Gasteiger charge is -2.24. The molecule has 2 fully saturated rings. The fourth-order valence-electron chi connectivity index (χ4n) is 2.06. The smallest absolute Gasteiger partial charge is 0.316 e. The molecule has 86 valence electrons. The summed E-state index contributed by atoms with van der Waals surface area (Å²) in [5.74, 6) is -0.323. The molecular weight excluding hydrogens is 238 g/mol. The molecular formula is C8H14O5P2. The summed E-state index contributed by atoms with van der Waals surface area (Å²) < 4.78 is 15.7. The maximum Gasteiger partial charge on any atom is 0.316 e. The van der Waals surface area contributed by atoms with Crippen LogP contribution >= 0.6 is 17.8 Å². The van der Waals surface area contributed by atoms with Gasteiger partial charge in [0, 0.05) is 0 Å². The van der Waals surface area contributed by atoms with Gasteiger partial charge in [0.1, 0.15) is 0 Å². The molecule has 1 saturated carbocycles. The van der Waals surface area contributed by atoms with Crippen LogP contribution in [0.15, 0.2) is 0 Å². The van der Waals surface area contributed by atoms with E-state index in [-0.39, 0.29) is 42.6 Å². The normalized spacial score (nSPS) is 41.5. The van der Waals surface area contributed by atoms with Crippen LogP contribution in [0.4, 0.5) is 0 Å². The van der Waals surface area contributed by atoms with E-state index in [9.17, 15) is 9.90 Å². The van der Waals surface area contributed by atoms with Crippen molar-refractivity contribution < 1.29 is 23.5 Å². The zero-order valence-electron chi connectivity index (χ0n) is 8.36. The van der Waals surface area contributed by atoms with Crippen molar-refractivity contribution in [2.45, 2.75) is 25.0 Å². The molecule has 0 amide bonds. The molecule has 0 aromatic rings. The van der Waals surface area contributed by atoms with Gasteiger partial charge in [0.2, 0.25) is 0 Å². The summed E-state index contributed by atoms with van der Waals surface area (Å²) >= 11 is 0. The molecule has 1 saturated heterocycles. The number of hydrogen-bond acceptors (Lipinski definition) is 5. The Balaban J connectivity index is 2.07. The average Bonchev–Trinajstić information content (AvgIpc) is 2.75. The van der Waals surface area contributed by atoms with E-state index in [2.05, 4.69) is 0 Å². The molecule has 2 rings (SSSR count). The van der Waals surface area contributed by atoms with E-state index in [0.29, 0.717) is 12.8 Å². The molecule has 1 N–H and O–H groups in total. The zero-order chi connectivity index (χ0) is 10.9. The van der Waals surface area contributed by atoms with Crippen molar-refractivity contribution in [2.24, 2.45) is 5.41 Å². The van der Waals surface area contributed by atoms with E-state index < -0.39 is 5.41 Å². The van der Waals surface area contributed by atoms with Crippen LogP contribution in [0.3, 0.4) is 0 Å². The summed E-state index contributed by atoms with van der Waals surface area (Å²) in [5, 5.41) is 9.36. The van der Waals surface area contributed by atoms with Gasteiger partial charge in [-0.2, -0.15) is 0 Å². The number of carbonyl (C=O) groups excluding carboxylic acids is 1. The summed E-state index contributed by atoms with van der Waals surface area (Å²) in [7, 11) is 0.178. The predicted octanol–water partition coefficient (Wildman–Crippen LogP) is 0.818. The van der Waals surface area contributed by atoms with Crippen LogP contribution in [0.2, 0.25) is 0 Å². The maximum absolute atomic E-state index is 11.7. The van der Waals surface area contributed by atoms with E-state index >= 15 is 0 Å². The standard InChI is InChI=1S/C8H14O5P2/c1-14-13-7(10)8(4-9)2-5-6(3-8)12-15-11-5/h5-6,9,14-15H,2-4H2,1H3. The fraction of sp³-hybridized carbons (Fsp3) is 0.875. The highest BCUT2D eigenvalue weighted by Crippen LogP contribution is 2.50. The SMILES string of the molecule is CPOC(=O)C1(CO)CC2OPOC2C1. The highest BCUT2D eigenvalue weighted by atomic mass is 31.1. The second kappa shape index (κ2) is 4.60. The molecule has 1 aliphatic heterocycles. The first kappa shape index (κ1) is 11.7. The monoisotopic (exact) mass is 252 g/mol. The van der Waals surface area contributed by atoms with Crippen LogP contribution in [0.1, 0.15) is 12.8 Å². The number of hydrogen-bond donors (Lipinski definition) is 1. The first-order valence-electron chi connectivity index (χ1n) is 4.77. The van der Waals surface area contributed by atoms with Gasteiger partial charge in [-0.1, -0.05) is 0 Å². The molecule has 5 nitrogen and oxygen atoms in total. The van der Waals surface area contributed by atoms with E-state index in [1.807, 2.05) is 0 Å². The lowest BCUT2D eigenvalue weighted by atomic mass is 9.87. The number of aliphatic hydroxyl groups is 1. The second-order valence-electron chi connectivity index (χ2n) is 3.84. The Labute approximate surface area is 91.7 Å². The topological polar surface area (TPSA) is 65.0 Å². The Morgan fingerprint density at radius 1 is 1.60 bits per heavy atom. The minimum absolute atomic E-state index is 0.0526. The zero-order valence-corrected chi connectivity index (χ0v) is 10.4. The highest BCUT2D eigenvalue weighted by Gasteiger charge is 2.54. The molecule has 0 aromatic carbocycles. The van der Waals surface area contributed by atoms with Gasteiger partial charge in [0.05, 0.1) is 33.0 Å². The third kappa shape index (κ3) is 2.04. The summed E-state index contributed by atoms with van der Waals surface area (Å²) in [6.45, 7) is 1.59. The summed E-state index contributed by atoms with van der Waals surface area (Å²) in [5.41, 5.74) is -0.802. The highest BCUT2D eigenvalue weighted by molar-refractivity contribution is 7.31. The number of aliphatic hydroxyl groups excluding tert-OH is 1. The quantitative estimate of drug-likeness (QED) is 0.753. The minimum Gasteiger partial charge on any atom is -0.448 e. The minimum atomic E-state index is -0.802. The summed E-state index contributed by atoms with van der Waals surface area (Å²) in [6.07, 6.45) is 0.904. The Morgan fingerprint density at radius 2 is 2.20 bits per heavy atom. The fourth-order valence-corrected chi connectivity index (χ4v) is 3.24. The van der Waals surface area contributed by atoms with Crippen LogP contribution in [-0.4, -0.2) is 36.6 Å². The number of fused-ring (bicyclic) bond motifs is 1. The molecule has 3 unspecified atom stereocenters. The molecule has 0 radical (unpaired) electrons. The van der Waals surface area contributed by atoms with Crippen molar-refractivity contribution in [1.29, 1.82) is 0 Å². The second-order valence-corrected chi connectivity index (χ2v) is 5.09. The lowest BCUT2D eigenvalue weighted by Crippen LogP contribution is -2.33. The van der Waals surface area contributed by atoms with E-state index in [1.165, 1.54) is 0 Å². The van der Waals surface area contributed by atoms with Crippen LogP contribution < -0.4 is 0 Å². The van der Waals surface area contributed by atoms with Crippen LogP contribution in [0, 0.1) is 5.41 Å². The van der Waals surface area contributed by atoms with E-state index in [1.54, 1.807) is 6.66 Å². The largest absolute Gasteiger partial charge is 0.448 e. The van der Waals surface area contributed by atoms with Gasteiger partial charge in [-0.25, -0.2) is 0 Å². The van der Waals surface area contributed by atoms with Gasteiger partial charge in [0.15, 0.2) is 9.03 Å². The van der Waals surface area contributed by atoms with Crippen LogP contribution in [0.5, 0.6) is 0 Å². The van der Waals surface area contributed by atoms with Gasteiger partial charge in [-0.15, -0.1) is 0 Å². The molecule has 0 bridgehead atoms. The summed E-state index contributed by atoms with van der Waals surface area (Å²) in [4.78, 5) is 11.7. The lowest BCUT2D eigenvalue weighted by molar-refractivity contribution is -0.147. The van der Waals surface area contributed by atoms with Gasteiger partial charge < -0.3 is 18.7 Å². The molecule has 2 aliphatic rings. The molecule has 3 atom stereocenters. The van der Waals surface area contributed by atoms with Gasteiger partial charge in [0.25, 0.3) is 0 Å². The summed E-state index contributed by atoms with van der Waals surface area (Å²) in [6, 6.07) is 0. The molecule has 1 aliphatic carbocycles. The average molecular weight is 252 g/mol. The van der Waals surface area contributed by atoms with Crippen LogP contribution in [-0.2, 0) is 18.4 Å². The molecule has 0 spiro atoms. The Kier molecular flexibility index (Phi) is 3.59. The van der Waals surface area contributed by atoms with Gasteiger partial charge in [-0.05, 0) is 19.5 Å². The molecule has 15 heavy (non-hydrogen) atoms. The Bertz CT molecular complexity index is 247. The van der Waals surface area contributed by atoms with Crippen LogP contribution in [0.25, 0.3) is 0 Å². The van der Waals surface area contributed by atoms with Crippen molar-refractivity contribution in [3.8, 4) is 0 Å². The molecule has 7 heteroatoms. The first-order chi connectivity index (χ1) is 7.22. The van der Waals surface area contributed by atoms with Gasteiger partial charge >= 0.3 is 5.97 Å². The van der Waals surface area contributed by atoms with Crippen molar-refractivity contribution in [3.05, 3.63) is 0 Å². The van der Waals surface area contributed by atoms with Crippen molar-refractivity contribution in [3.63, 3.8) is 0 Å². The number of carbonyl (C=O) groups is 1. The van der Waals surface area contributed by atoms with E-state index in [0.717, 1.165) is 0 Å². The van der Waals surface area contributed by atoms with E-state index in [4.69, 9.17) is 13.6 Å². The Morgan fingerprint density at radius 3 is 2.67 bits per heavy atom. The van der Waals surface area contributed by atoms with Crippen molar-refractivity contribution in [1.82, 2.24) is 0 Å². The maximum atomic E-state index is 11.7. The predicted molar refractivity (Wildman–Crippen MR) is 57.1 cm³/mol. The molecule has 0 aromatic heterocycles. The Hall–Kier alpha value is 0.210. The van der Waals surface area contributed by atoms with Gasteiger partial charge in [-0.3, -0.25) is 4.79 Å². The third-order valence-corrected chi connectivity index (χ3v) is 4.12. The first-order valence-corrected chi connectivity index (χ1v) is 6.99. The third-order valence-electron chi connectivity index (χ3n) is 2.93. The molecule has 1 heterocycles. The number of rotatable bonds is 3.